The molecule has 3 heterocycles. The Kier molecular flexibility index (Phi) is 4.16. The van der Waals surface area contributed by atoms with Crippen LogP contribution in [0.5, 0.6) is 0 Å². The highest BCUT2D eigenvalue weighted by Gasteiger charge is 2.31. The van der Waals surface area contributed by atoms with E-state index in [0.29, 0.717) is 5.15 Å². The van der Waals surface area contributed by atoms with Crippen LogP contribution in [0.1, 0.15) is 50.1 Å². The Morgan fingerprint density at radius 1 is 1.41 bits per heavy atom. The van der Waals surface area contributed by atoms with Crippen molar-refractivity contribution >= 4 is 32.5 Å². The maximum absolute atomic E-state index is 13.7. The molecule has 3 nitrogen and oxygen atoms in total. The number of pyridine rings is 1. The highest BCUT2D eigenvalue weighted by atomic mass is 35.5. The molecule has 0 aliphatic carbocycles. The van der Waals surface area contributed by atoms with E-state index >= 15 is 0 Å². The summed E-state index contributed by atoms with van der Waals surface area (Å²) in [5, 5.41) is 2.63. The fourth-order valence-electron chi connectivity index (χ4n) is 2.82. The van der Waals surface area contributed by atoms with Crippen molar-refractivity contribution < 1.29 is 4.21 Å². The van der Waals surface area contributed by atoms with Gasteiger partial charge in [-0.1, -0.05) is 38.4 Å². The zero-order valence-corrected chi connectivity index (χ0v) is 15.4. The monoisotopic (exact) mass is 356 g/mol. The van der Waals surface area contributed by atoms with Crippen LogP contribution in [0.3, 0.4) is 0 Å². The van der Waals surface area contributed by atoms with E-state index < -0.39 is 9.52 Å². The second kappa shape index (κ2) is 5.69. The van der Waals surface area contributed by atoms with Gasteiger partial charge in [-0.3, -0.25) is 4.21 Å². The van der Waals surface area contributed by atoms with E-state index in [1.54, 1.807) is 23.6 Å². The van der Waals surface area contributed by atoms with Crippen LogP contribution in [0.2, 0.25) is 5.15 Å². The first kappa shape index (κ1) is 16.1. The summed E-state index contributed by atoms with van der Waals surface area (Å²) in [4.78, 5) is 7.60. The molecule has 1 saturated heterocycles. The van der Waals surface area contributed by atoms with Crippen LogP contribution in [0.15, 0.2) is 23.7 Å². The topological polar surface area (TPSA) is 45.8 Å². The lowest BCUT2D eigenvalue weighted by Gasteiger charge is -2.16. The quantitative estimate of drug-likeness (QED) is 0.590. The van der Waals surface area contributed by atoms with Crippen molar-refractivity contribution in [2.45, 2.75) is 44.3 Å². The molecule has 1 aliphatic heterocycles. The zero-order chi connectivity index (χ0) is 16.0. The number of thiazole rings is 1. The molecule has 3 rings (SSSR count). The number of aromatic amines is 1. The molecule has 120 valence electrons. The number of H-pyrrole nitrogens is 1. The lowest BCUT2D eigenvalue weighted by molar-refractivity contribution is 0.572. The van der Waals surface area contributed by atoms with E-state index in [2.05, 4.69) is 36.1 Å². The minimum atomic E-state index is -2.10. The lowest BCUT2D eigenvalue weighted by atomic mass is 9.93. The summed E-state index contributed by atoms with van der Waals surface area (Å²) in [5.74, 6) is 0.751. The fraction of sp³-hybridized carbons (Fsp3) is 0.500. The van der Waals surface area contributed by atoms with Gasteiger partial charge in [-0.15, -0.1) is 11.3 Å². The summed E-state index contributed by atoms with van der Waals surface area (Å²) in [5.41, 5.74) is 2.22. The van der Waals surface area contributed by atoms with Crippen molar-refractivity contribution in [2.75, 3.05) is 5.75 Å². The van der Waals surface area contributed by atoms with Crippen LogP contribution in [-0.2, 0) is 14.9 Å². The molecule has 1 fully saturated rings. The highest BCUT2D eigenvalue weighted by Crippen LogP contribution is 2.38. The first-order chi connectivity index (χ1) is 10.3. The third-order valence-electron chi connectivity index (χ3n) is 4.14. The molecule has 0 aromatic carbocycles. The van der Waals surface area contributed by atoms with Gasteiger partial charge in [0.25, 0.3) is 0 Å². The van der Waals surface area contributed by atoms with Crippen molar-refractivity contribution in [1.29, 1.82) is 0 Å². The molecule has 0 saturated carbocycles. The summed E-state index contributed by atoms with van der Waals surface area (Å²) in [6, 6.07) is 3.75. The molecule has 6 heteroatoms. The normalized spacial score (nSPS) is 25.5. The van der Waals surface area contributed by atoms with Gasteiger partial charge in [-0.2, -0.15) is 0 Å². The van der Waals surface area contributed by atoms with E-state index in [9.17, 15) is 4.21 Å². The molecule has 0 spiro atoms. The fourth-order valence-corrected chi connectivity index (χ4v) is 7.86. The van der Waals surface area contributed by atoms with Gasteiger partial charge in [0.15, 0.2) is 0 Å². The van der Waals surface area contributed by atoms with E-state index in [-0.39, 0.29) is 10.7 Å². The Morgan fingerprint density at radius 3 is 2.77 bits per heavy atom. The average molecular weight is 357 g/mol. The summed E-state index contributed by atoms with van der Waals surface area (Å²) in [7, 11) is -2.10. The Labute approximate surface area is 140 Å². The maximum atomic E-state index is 13.7. The smallest absolute Gasteiger partial charge is 0.147 e. The molecular weight excluding hydrogens is 336 g/mol. The van der Waals surface area contributed by atoms with Crippen molar-refractivity contribution in [2.24, 2.45) is 0 Å². The van der Waals surface area contributed by atoms with Crippen LogP contribution in [0.4, 0.5) is 0 Å². The minimum Gasteiger partial charge on any atom is -0.343 e. The number of nitrogens with one attached hydrogen (secondary N) is 1. The van der Waals surface area contributed by atoms with Gasteiger partial charge in [0.05, 0.1) is 5.25 Å². The van der Waals surface area contributed by atoms with Gasteiger partial charge in [-0.25, -0.2) is 4.98 Å². The molecule has 0 amide bonds. The average Bonchev–Trinajstić information content (AvgIpc) is 3.07. The molecule has 2 unspecified atom stereocenters. The summed E-state index contributed by atoms with van der Waals surface area (Å²) >= 11 is 7.47. The number of hydrogen-bond donors (Lipinski definition) is 1. The largest absolute Gasteiger partial charge is 0.343 e. The molecule has 1 N–H and O–H groups in total. The molecule has 2 atom stereocenters. The number of rotatable bonds is 1. The van der Waals surface area contributed by atoms with Gasteiger partial charge in [0.1, 0.15) is 9.11 Å². The van der Waals surface area contributed by atoms with Crippen molar-refractivity contribution in [3.8, 4) is 0 Å². The molecule has 0 bridgehead atoms. The molecule has 1 aliphatic rings. The third kappa shape index (κ3) is 2.86. The van der Waals surface area contributed by atoms with Crippen LogP contribution in [0.25, 0.3) is 0 Å². The van der Waals surface area contributed by atoms with Crippen molar-refractivity contribution in [1.82, 2.24) is 9.97 Å². The second-order valence-corrected chi connectivity index (χ2v) is 11.2. The van der Waals surface area contributed by atoms with E-state index in [0.717, 1.165) is 33.8 Å². The van der Waals surface area contributed by atoms with Crippen molar-refractivity contribution in [3.63, 3.8) is 0 Å². The molecule has 22 heavy (non-hydrogen) atoms. The Bertz CT molecular complexity index is 821. The lowest BCUT2D eigenvalue weighted by Crippen LogP contribution is -2.13. The number of aromatic nitrogens is 2. The van der Waals surface area contributed by atoms with Crippen LogP contribution in [0, 0.1) is 3.95 Å². The second-order valence-electron chi connectivity index (χ2n) is 6.79. The van der Waals surface area contributed by atoms with Crippen LogP contribution < -0.4 is 0 Å². The van der Waals surface area contributed by atoms with Gasteiger partial charge in [0.2, 0.25) is 0 Å². The maximum Gasteiger partial charge on any atom is 0.147 e. The molecule has 2 aromatic heterocycles. The predicted octanol–water partition coefficient (Wildman–Crippen LogP) is 4.77. The van der Waals surface area contributed by atoms with Crippen LogP contribution in [-0.4, -0.2) is 19.9 Å². The van der Waals surface area contributed by atoms with Gasteiger partial charge < -0.3 is 4.98 Å². The standard InChI is InChI=1S/C16H21ClN2OS2/c1-16(2,3)13-10-21-15(19-13)22(20)8-4-5-12(22)11-6-7-14(17)18-9-11/h6-7,9-10,12,19H,4-5,8H2,1-3H3. The first-order valence-electron chi connectivity index (χ1n) is 7.44. The molecular formula is C16H21ClN2OS2. The molecule has 0 radical (unpaired) electrons. The Hall–Kier alpha value is -0.780. The predicted molar refractivity (Wildman–Crippen MR) is 94.8 cm³/mol. The van der Waals surface area contributed by atoms with Gasteiger partial charge in [-0.05, 0) is 24.5 Å². The third-order valence-corrected chi connectivity index (χ3v) is 9.22. The molecule has 2 aromatic rings. The van der Waals surface area contributed by atoms with Gasteiger partial charge in [0, 0.05) is 38.0 Å². The minimum absolute atomic E-state index is 0.0417. The number of hydrogen-bond acceptors (Lipinski definition) is 3. The first-order valence-corrected chi connectivity index (χ1v) is 10.5. The summed E-state index contributed by atoms with van der Waals surface area (Å²) in [6.45, 7) is 6.49. The van der Waals surface area contributed by atoms with E-state index in [4.69, 9.17) is 11.6 Å². The van der Waals surface area contributed by atoms with Gasteiger partial charge >= 0.3 is 0 Å². The summed E-state index contributed by atoms with van der Waals surface area (Å²) in [6.07, 6.45) is 3.71. The zero-order valence-electron chi connectivity index (χ0n) is 13.1. The highest BCUT2D eigenvalue weighted by molar-refractivity contribution is 7.96. The number of nitrogens with zero attached hydrogens (tertiary/aromatic N) is 1. The van der Waals surface area contributed by atoms with E-state index in [1.165, 1.54) is 0 Å². The Morgan fingerprint density at radius 2 is 2.18 bits per heavy atom. The van der Waals surface area contributed by atoms with Crippen molar-refractivity contribution in [3.05, 3.63) is 44.1 Å². The Balaban J connectivity index is 2.14. The summed E-state index contributed by atoms with van der Waals surface area (Å²) < 4.78 is 14.6. The SMILES string of the molecule is CC(C)(C)c1csc(=S2(=O)CCCC2c2ccc(Cl)nc2)[nH]1. The number of halogens is 1. The van der Waals surface area contributed by atoms with E-state index in [1.807, 2.05) is 6.07 Å². The van der Waals surface area contributed by atoms with Crippen LogP contribution >= 0.6 is 22.9 Å².